The number of hydrogen-bond donors (Lipinski definition) is 1. The fourth-order valence-electron chi connectivity index (χ4n) is 2.49. The first-order chi connectivity index (χ1) is 11.2. The molecule has 3 rings (SSSR count). The van der Waals surface area contributed by atoms with E-state index in [0.717, 1.165) is 14.7 Å². The van der Waals surface area contributed by atoms with E-state index in [1.165, 1.54) is 10.8 Å². The van der Waals surface area contributed by atoms with Gasteiger partial charge in [0, 0.05) is 0 Å². The minimum atomic E-state index is -0.0166. The van der Waals surface area contributed by atoms with E-state index in [1.54, 1.807) is 13.2 Å². The Labute approximate surface area is 149 Å². The van der Waals surface area contributed by atoms with Crippen LogP contribution in [-0.2, 0) is 13.2 Å². The Kier molecular flexibility index (Phi) is 5.03. The Morgan fingerprint density at radius 3 is 2.48 bits per heavy atom. The number of aliphatic hydroxyl groups is 1. The Morgan fingerprint density at radius 1 is 0.957 bits per heavy atom. The number of halogens is 1. The number of rotatable bonds is 5. The van der Waals surface area contributed by atoms with Crippen LogP contribution in [0.3, 0.4) is 0 Å². The summed E-state index contributed by atoms with van der Waals surface area (Å²) in [5, 5.41) is 11.7. The van der Waals surface area contributed by atoms with Crippen LogP contribution in [0.25, 0.3) is 10.8 Å². The minimum Gasteiger partial charge on any atom is -0.493 e. The largest absolute Gasteiger partial charge is 0.493 e. The molecule has 0 aromatic heterocycles. The minimum absolute atomic E-state index is 0.0166. The van der Waals surface area contributed by atoms with Crippen molar-refractivity contribution < 1.29 is 14.6 Å². The van der Waals surface area contributed by atoms with Crippen LogP contribution in [0, 0.1) is 3.57 Å². The number of methoxy groups -OCH3 is 1. The molecule has 0 fully saturated rings. The summed E-state index contributed by atoms with van der Waals surface area (Å²) in [5.41, 5.74) is 1.91. The highest BCUT2D eigenvalue weighted by Gasteiger charge is 2.11. The molecule has 4 heteroatoms. The summed E-state index contributed by atoms with van der Waals surface area (Å²) >= 11 is 2.20. The number of hydrogen-bond acceptors (Lipinski definition) is 3. The second-order valence-electron chi connectivity index (χ2n) is 5.24. The lowest BCUT2D eigenvalue weighted by Gasteiger charge is -2.14. The lowest BCUT2D eigenvalue weighted by atomic mass is 10.1. The van der Waals surface area contributed by atoms with Gasteiger partial charge in [-0.15, -0.1) is 0 Å². The molecule has 0 amide bonds. The van der Waals surface area contributed by atoms with E-state index in [4.69, 9.17) is 9.47 Å². The summed E-state index contributed by atoms with van der Waals surface area (Å²) in [6.07, 6.45) is 0. The van der Waals surface area contributed by atoms with Crippen molar-refractivity contribution in [3.63, 3.8) is 0 Å². The van der Waals surface area contributed by atoms with E-state index in [1.807, 2.05) is 18.2 Å². The molecule has 3 nitrogen and oxygen atoms in total. The highest BCUT2D eigenvalue weighted by Crippen LogP contribution is 2.34. The summed E-state index contributed by atoms with van der Waals surface area (Å²) in [6, 6.07) is 18.3. The number of fused-ring (bicyclic) bond motifs is 1. The summed E-state index contributed by atoms with van der Waals surface area (Å²) in [7, 11) is 1.61. The third-order valence-electron chi connectivity index (χ3n) is 3.67. The number of benzene rings is 3. The zero-order valence-electron chi connectivity index (χ0n) is 12.8. The van der Waals surface area contributed by atoms with E-state index in [-0.39, 0.29) is 6.61 Å². The van der Waals surface area contributed by atoms with Crippen LogP contribution in [0.15, 0.2) is 54.6 Å². The summed E-state index contributed by atoms with van der Waals surface area (Å²) < 4.78 is 12.3. The first-order valence-electron chi connectivity index (χ1n) is 7.29. The van der Waals surface area contributed by atoms with Gasteiger partial charge in [0.15, 0.2) is 11.5 Å². The Balaban J connectivity index is 1.84. The molecule has 0 radical (unpaired) electrons. The average Bonchev–Trinajstić information content (AvgIpc) is 2.59. The molecule has 0 aliphatic rings. The summed E-state index contributed by atoms with van der Waals surface area (Å²) in [5.74, 6) is 1.35. The Bertz CT molecular complexity index is 830. The van der Waals surface area contributed by atoms with E-state index in [2.05, 4.69) is 52.9 Å². The van der Waals surface area contributed by atoms with E-state index in [9.17, 15) is 5.11 Å². The number of aliphatic hydroxyl groups excluding tert-OH is 1. The molecule has 0 spiro atoms. The van der Waals surface area contributed by atoms with Gasteiger partial charge in [-0.2, -0.15) is 0 Å². The first-order valence-corrected chi connectivity index (χ1v) is 8.37. The van der Waals surface area contributed by atoms with E-state index >= 15 is 0 Å². The molecule has 0 bridgehead atoms. The van der Waals surface area contributed by atoms with Crippen LogP contribution >= 0.6 is 22.6 Å². The van der Waals surface area contributed by atoms with Gasteiger partial charge in [-0.1, -0.05) is 36.4 Å². The lowest BCUT2D eigenvalue weighted by Crippen LogP contribution is -2.01. The van der Waals surface area contributed by atoms with Crippen molar-refractivity contribution in [3.05, 3.63) is 69.3 Å². The fourth-order valence-corrected chi connectivity index (χ4v) is 3.31. The Morgan fingerprint density at radius 2 is 1.74 bits per heavy atom. The van der Waals surface area contributed by atoms with Crippen molar-refractivity contribution >= 4 is 33.4 Å². The van der Waals surface area contributed by atoms with Gasteiger partial charge in [0.2, 0.25) is 0 Å². The molecule has 0 saturated heterocycles. The maximum absolute atomic E-state index is 9.28. The molecule has 3 aromatic rings. The predicted octanol–water partition coefficient (Wildman–Crippen LogP) is 4.52. The second kappa shape index (κ2) is 7.19. The van der Waals surface area contributed by atoms with Crippen molar-refractivity contribution in [2.45, 2.75) is 13.2 Å². The van der Waals surface area contributed by atoms with Gasteiger partial charge < -0.3 is 14.6 Å². The first kappa shape index (κ1) is 16.1. The standard InChI is InChI=1S/C19H17IO3/c1-22-18-10-14(11-21)9-17(20)19(18)23-12-13-6-7-15-4-2-3-5-16(15)8-13/h2-10,21H,11-12H2,1H3. The SMILES string of the molecule is COc1cc(CO)cc(I)c1OCc1ccc2ccccc2c1. The van der Waals surface area contributed by atoms with Gasteiger partial charge in [-0.3, -0.25) is 0 Å². The fraction of sp³-hybridized carbons (Fsp3) is 0.158. The summed E-state index contributed by atoms with van der Waals surface area (Å²) in [4.78, 5) is 0. The van der Waals surface area contributed by atoms with Crippen molar-refractivity contribution in [1.29, 1.82) is 0 Å². The van der Waals surface area contributed by atoms with Crippen molar-refractivity contribution in [3.8, 4) is 11.5 Å². The zero-order valence-corrected chi connectivity index (χ0v) is 14.9. The predicted molar refractivity (Wildman–Crippen MR) is 99.9 cm³/mol. The van der Waals surface area contributed by atoms with Crippen molar-refractivity contribution in [1.82, 2.24) is 0 Å². The lowest BCUT2D eigenvalue weighted by molar-refractivity contribution is 0.273. The van der Waals surface area contributed by atoms with Crippen LogP contribution in [0.5, 0.6) is 11.5 Å². The van der Waals surface area contributed by atoms with Crippen LogP contribution in [0.1, 0.15) is 11.1 Å². The van der Waals surface area contributed by atoms with Crippen LogP contribution in [0.2, 0.25) is 0 Å². The molecule has 118 valence electrons. The molecule has 3 aromatic carbocycles. The average molecular weight is 420 g/mol. The second-order valence-corrected chi connectivity index (χ2v) is 6.40. The third kappa shape index (κ3) is 3.59. The van der Waals surface area contributed by atoms with E-state index < -0.39 is 0 Å². The zero-order chi connectivity index (χ0) is 16.2. The quantitative estimate of drug-likeness (QED) is 0.617. The van der Waals surface area contributed by atoms with Crippen molar-refractivity contribution in [2.75, 3.05) is 7.11 Å². The van der Waals surface area contributed by atoms with E-state index in [0.29, 0.717) is 18.1 Å². The normalized spacial score (nSPS) is 10.7. The molecule has 0 aliphatic carbocycles. The van der Waals surface area contributed by atoms with Gasteiger partial charge in [0.25, 0.3) is 0 Å². The maximum Gasteiger partial charge on any atom is 0.174 e. The molecule has 0 saturated carbocycles. The van der Waals surface area contributed by atoms with Gasteiger partial charge in [-0.25, -0.2) is 0 Å². The van der Waals surface area contributed by atoms with Gasteiger partial charge in [0.1, 0.15) is 6.61 Å². The van der Waals surface area contributed by atoms with Crippen molar-refractivity contribution in [2.24, 2.45) is 0 Å². The Hall–Kier alpha value is -1.79. The molecule has 0 atom stereocenters. The highest BCUT2D eigenvalue weighted by atomic mass is 127. The smallest absolute Gasteiger partial charge is 0.174 e. The monoisotopic (exact) mass is 420 g/mol. The summed E-state index contributed by atoms with van der Waals surface area (Å²) in [6.45, 7) is 0.451. The van der Waals surface area contributed by atoms with Crippen LogP contribution in [0.4, 0.5) is 0 Å². The molecule has 23 heavy (non-hydrogen) atoms. The number of ether oxygens (including phenoxy) is 2. The van der Waals surface area contributed by atoms with Gasteiger partial charge >= 0.3 is 0 Å². The molecular formula is C19H17IO3. The molecule has 0 heterocycles. The molecular weight excluding hydrogens is 403 g/mol. The molecule has 1 N–H and O–H groups in total. The molecule has 0 aliphatic heterocycles. The maximum atomic E-state index is 9.28. The third-order valence-corrected chi connectivity index (χ3v) is 4.47. The van der Waals surface area contributed by atoms with Gasteiger partial charge in [-0.05, 0) is 62.7 Å². The van der Waals surface area contributed by atoms with Crippen LogP contribution in [-0.4, -0.2) is 12.2 Å². The topological polar surface area (TPSA) is 38.7 Å². The van der Waals surface area contributed by atoms with Crippen LogP contribution < -0.4 is 9.47 Å². The molecule has 0 unspecified atom stereocenters. The van der Waals surface area contributed by atoms with Gasteiger partial charge in [0.05, 0.1) is 17.3 Å². The highest BCUT2D eigenvalue weighted by molar-refractivity contribution is 14.1.